The molecule has 0 spiro atoms. The zero-order valence-electron chi connectivity index (χ0n) is 31.2. The molecule has 0 aromatic rings. The second kappa shape index (κ2) is 12.7. The van der Waals surface area contributed by atoms with Gasteiger partial charge < -0.3 is 55.1 Å². The Hall–Kier alpha value is -2.17. The number of fused-ring (bicyclic) bond motifs is 7. The van der Waals surface area contributed by atoms with Gasteiger partial charge in [-0.3, -0.25) is 14.4 Å². The van der Waals surface area contributed by atoms with Crippen molar-refractivity contribution in [3.63, 3.8) is 0 Å². The van der Waals surface area contributed by atoms with Gasteiger partial charge in [-0.25, -0.2) is 0 Å². The lowest BCUT2D eigenvalue weighted by atomic mass is 9.32. The summed E-state index contributed by atoms with van der Waals surface area (Å²) in [4.78, 5) is 38.7. The normalized spacial score (nSPS) is 54.4. The highest BCUT2D eigenvalue weighted by Gasteiger charge is 2.74. The summed E-state index contributed by atoms with van der Waals surface area (Å²) < 4.78 is 17.3. The highest BCUT2D eigenvalue weighted by atomic mass is 16.7. The van der Waals surface area contributed by atoms with Crippen LogP contribution in [0.5, 0.6) is 0 Å². The molecule has 0 bridgehead atoms. The molecule has 5 aliphatic carbocycles. The van der Waals surface area contributed by atoms with E-state index in [2.05, 4.69) is 19.9 Å². The lowest BCUT2D eigenvalue weighted by molar-refractivity contribution is -0.328. The molecule has 1 saturated heterocycles. The number of aliphatic hydroxyl groups excluding tert-OH is 5. The first-order valence-corrected chi connectivity index (χ1v) is 18.7. The van der Waals surface area contributed by atoms with Crippen LogP contribution < -0.4 is 0 Å². The maximum absolute atomic E-state index is 13.6. The Bertz CT molecular complexity index is 1500. The predicted octanol–water partition coefficient (Wildman–Crippen LogP) is 1.61. The van der Waals surface area contributed by atoms with Gasteiger partial charge in [-0.2, -0.15) is 0 Å². The van der Waals surface area contributed by atoms with Crippen molar-refractivity contribution in [2.24, 2.45) is 50.7 Å². The average molecular weight is 739 g/mol. The van der Waals surface area contributed by atoms with Crippen LogP contribution >= 0.6 is 0 Å². The fourth-order valence-corrected chi connectivity index (χ4v) is 12.9. The fourth-order valence-electron chi connectivity index (χ4n) is 12.9. The highest BCUT2D eigenvalue weighted by Crippen LogP contribution is 2.76. The van der Waals surface area contributed by atoms with Crippen molar-refractivity contribution in [3.8, 4) is 0 Å². The SMILES string of the molecule is CC(=O)O[C@H]1[C@@H](O)C[C@@]2(C)[C@@H](CC[C@@]3(C)[C@H]2CC=C2[C@H]4[C@@](C(=O)O)(CC[C@]23C)C[C@@H](O[C@H]2O[C@@H](CO)[C@@H](O)[C@@H](O)[C@H]2O)[C@@H](C)[C@]4(C)O)[C@]1(C)C(=O)O. The number of esters is 1. The van der Waals surface area contributed by atoms with Gasteiger partial charge in [-0.15, -0.1) is 0 Å². The summed E-state index contributed by atoms with van der Waals surface area (Å²) in [6.45, 7) is 11.9. The molecule has 294 valence electrons. The number of aliphatic hydroxyl groups is 6. The molecule has 0 amide bonds. The standard InChI is InChI=1S/C38H58O14/c1-17-21(51-30-27(44)26(43)25(42)22(16-39)52-30)15-38(32(47)48)13-12-34(4)19(28(38)37(17,7)49)8-9-23-33(3)14-20(41)29(50-18(2)40)36(6,31(45)46)24(33)10-11-35(23,34)5/h8,17,20-30,39,41-44,49H,9-16H2,1-7H3,(H,45,46)(H,47,48)/t17-,20+,21-,22+,23+,24-,25-,26-,27-,28-,29+,30+,33-,34-,35+,36+,37+,38-/m1/s1. The van der Waals surface area contributed by atoms with Crippen LogP contribution in [0.2, 0.25) is 0 Å². The summed E-state index contributed by atoms with van der Waals surface area (Å²) in [6, 6.07) is 0. The minimum Gasteiger partial charge on any atom is -0.481 e. The van der Waals surface area contributed by atoms with Crippen LogP contribution in [0, 0.1) is 50.7 Å². The number of hydrogen-bond acceptors (Lipinski definition) is 12. The molecule has 6 aliphatic rings. The Morgan fingerprint density at radius 3 is 2.13 bits per heavy atom. The molecule has 1 heterocycles. The maximum atomic E-state index is 13.6. The lowest BCUT2D eigenvalue weighted by Crippen LogP contribution is -2.71. The monoisotopic (exact) mass is 738 g/mol. The van der Waals surface area contributed by atoms with Gasteiger partial charge in [0.25, 0.3) is 0 Å². The van der Waals surface area contributed by atoms with E-state index >= 15 is 0 Å². The van der Waals surface area contributed by atoms with Crippen LogP contribution in [0.3, 0.4) is 0 Å². The summed E-state index contributed by atoms with van der Waals surface area (Å²) in [5.74, 6) is -4.96. The highest BCUT2D eigenvalue weighted by molar-refractivity contribution is 5.78. The molecule has 1 aliphatic heterocycles. The van der Waals surface area contributed by atoms with Gasteiger partial charge in [0.2, 0.25) is 0 Å². The number of carboxylic acids is 2. The summed E-state index contributed by atoms with van der Waals surface area (Å²) in [6.07, 6.45) is -6.62. The van der Waals surface area contributed by atoms with Crippen LogP contribution in [0.1, 0.15) is 93.4 Å². The minimum atomic E-state index is -1.69. The zero-order valence-corrected chi connectivity index (χ0v) is 31.2. The van der Waals surface area contributed by atoms with E-state index in [0.29, 0.717) is 25.7 Å². The number of carbonyl (C=O) groups excluding carboxylic acids is 1. The van der Waals surface area contributed by atoms with Crippen LogP contribution in [-0.4, -0.2) is 120 Å². The maximum Gasteiger partial charge on any atom is 0.313 e. The lowest BCUT2D eigenvalue weighted by Gasteiger charge is -2.72. The van der Waals surface area contributed by atoms with Crippen LogP contribution in [0.15, 0.2) is 11.6 Å². The van der Waals surface area contributed by atoms with Crippen LogP contribution in [-0.2, 0) is 28.6 Å². The first kappa shape index (κ1) is 39.5. The number of allylic oxidation sites excluding steroid dienone is 1. The van der Waals surface area contributed by atoms with Gasteiger partial charge in [0.1, 0.15) is 35.9 Å². The summed E-state index contributed by atoms with van der Waals surface area (Å²) >= 11 is 0. The quantitative estimate of drug-likeness (QED) is 0.110. The first-order valence-electron chi connectivity index (χ1n) is 18.7. The smallest absolute Gasteiger partial charge is 0.313 e. The summed E-state index contributed by atoms with van der Waals surface area (Å²) in [7, 11) is 0. The summed E-state index contributed by atoms with van der Waals surface area (Å²) in [5.41, 5.74) is -5.61. The molecule has 8 N–H and O–H groups in total. The van der Waals surface area contributed by atoms with Gasteiger partial charge in [-0.1, -0.05) is 39.3 Å². The fraction of sp³-hybridized carbons (Fsp3) is 0.868. The number of carboxylic acid groups (broad SMARTS) is 2. The van der Waals surface area contributed by atoms with Crippen molar-refractivity contribution in [2.45, 2.75) is 148 Å². The molecule has 52 heavy (non-hydrogen) atoms. The molecule has 0 aromatic carbocycles. The number of ether oxygens (including phenoxy) is 3. The molecule has 14 nitrogen and oxygen atoms in total. The first-order chi connectivity index (χ1) is 24.0. The topological polar surface area (TPSA) is 241 Å². The molecule has 0 unspecified atom stereocenters. The zero-order chi connectivity index (χ0) is 38.7. The van der Waals surface area contributed by atoms with Crippen molar-refractivity contribution in [3.05, 3.63) is 11.6 Å². The van der Waals surface area contributed by atoms with E-state index in [-0.39, 0.29) is 25.2 Å². The molecule has 14 heteroatoms. The Balaban J connectivity index is 1.38. The van der Waals surface area contributed by atoms with Crippen molar-refractivity contribution in [1.29, 1.82) is 0 Å². The van der Waals surface area contributed by atoms with Gasteiger partial charge in [0.05, 0.1) is 29.8 Å². The van der Waals surface area contributed by atoms with Gasteiger partial charge in [0.15, 0.2) is 6.29 Å². The van der Waals surface area contributed by atoms with E-state index in [4.69, 9.17) is 14.2 Å². The van der Waals surface area contributed by atoms with Gasteiger partial charge in [-0.05, 0) is 86.9 Å². The van der Waals surface area contributed by atoms with Crippen molar-refractivity contribution in [2.75, 3.05) is 6.61 Å². The predicted molar refractivity (Wildman–Crippen MR) is 181 cm³/mol. The van der Waals surface area contributed by atoms with Crippen LogP contribution in [0.4, 0.5) is 0 Å². The molecule has 0 aromatic heterocycles. The molecule has 6 rings (SSSR count). The van der Waals surface area contributed by atoms with E-state index < -0.39 is 124 Å². The average Bonchev–Trinajstić information content (AvgIpc) is 3.05. The third-order valence-electron chi connectivity index (χ3n) is 16.0. The van der Waals surface area contributed by atoms with E-state index in [1.54, 1.807) is 20.8 Å². The number of rotatable bonds is 6. The van der Waals surface area contributed by atoms with Crippen LogP contribution in [0.25, 0.3) is 0 Å². The minimum absolute atomic E-state index is 0.0343. The summed E-state index contributed by atoms with van der Waals surface area (Å²) in [5, 5.41) is 86.9. The third-order valence-corrected chi connectivity index (χ3v) is 16.0. The van der Waals surface area contributed by atoms with E-state index in [9.17, 15) is 55.2 Å². The molecule has 4 saturated carbocycles. The Morgan fingerprint density at radius 2 is 1.56 bits per heavy atom. The van der Waals surface area contributed by atoms with E-state index in [1.807, 2.05) is 6.92 Å². The second-order valence-electron chi connectivity index (χ2n) is 18.2. The van der Waals surface area contributed by atoms with Gasteiger partial charge in [0, 0.05) is 18.8 Å². The third kappa shape index (κ3) is 5.14. The molecular formula is C38H58O14. The van der Waals surface area contributed by atoms with Crippen molar-refractivity contribution in [1.82, 2.24) is 0 Å². The molecule has 18 atom stereocenters. The van der Waals surface area contributed by atoms with E-state index in [0.717, 1.165) is 5.57 Å². The van der Waals surface area contributed by atoms with E-state index in [1.165, 1.54) is 6.92 Å². The van der Waals surface area contributed by atoms with Gasteiger partial charge >= 0.3 is 17.9 Å². The number of carbonyl (C=O) groups is 3. The molecule has 0 radical (unpaired) electrons. The van der Waals surface area contributed by atoms with Crippen molar-refractivity contribution >= 4 is 17.9 Å². The molecule has 5 fully saturated rings. The number of hydrogen-bond donors (Lipinski definition) is 8. The second-order valence-corrected chi connectivity index (χ2v) is 18.2. The largest absolute Gasteiger partial charge is 0.481 e. The Labute approximate surface area is 304 Å². The Morgan fingerprint density at radius 1 is 0.904 bits per heavy atom. The molecular weight excluding hydrogens is 680 g/mol. The Kier molecular flexibility index (Phi) is 9.64. The van der Waals surface area contributed by atoms with Crippen molar-refractivity contribution < 1.29 is 69.4 Å². The number of aliphatic carboxylic acids is 2.